The van der Waals surface area contributed by atoms with E-state index in [0.717, 1.165) is 32.1 Å². The molecule has 0 unspecified atom stereocenters. The lowest BCUT2D eigenvalue weighted by Crippen LogP contribution is -2.70. The fourth-order valence-corrected chi connectivity index (χ4v) is 2.54. The van der Waals surface area contributed by atoms with Crippen LogP contribution in [0.25, 0.3) is 0 Å². The van der Waals surface area contributed by atoms with Crippen molar-refractivity contribution in [2.75, 3.05) is 13.1 Å². The van der Waals surface area contributed by atoms with Crippen LogP contribution in [0.5, 0.6) is 0 Å². The third-order valence-electron chi connectivity index (χ3n) is 4.57. The van der Waals surface area contributed by atoms with Gasteiger partial charge in [-0.25, -0.2) is 0 Å². The maximum absolute atomic E-state index is 13.5. The van der Waals surface area contributed by atoms with Crippen LogP contribution in [0, 0.1) is 0 Å². The van der Waals surface area contributed by atoms with Crippen LogP contribution < -0.4 is 5.32 Å². The van der Waals surface area contributed by atoms with Gasteiger partial charge in [-0.05, 0) is 13.0 Å². The largest absolute Gasteiger partial charge is 0.460 e. The highest BCUT2D eigenvalue weighted by molar-refractivity contribution is 5.10. The van der Waals surface area contributed by atoms with Gasteiger partial charge < -0.3 is 5.32 Å². The van der Waals surface area contributed by atoms with E-state index in [4.69, 9.17) is 0 Å². The van der Waals surface area contributed by atoms with Crippen LogP contribution in [-0.4, -0.2) is 48.9 Å². The van der Waals surface area contributed by atoms with Crippen molar-refractivity contribution in [3.63, 3.8) is 0 Å². The Kier molecular flexibility index (Phi) is 10.4. The van der Waals surface area contributed by atoms with Gasteiger partial charge in [0.25, 0.3) is 0 Å². The summed E-state index contributed by atoms with van der Waals surface area (Å²) < 4.78 is 168. The summed E-state index contributed by atoms with van der Waals surface area (Å²) in [5, 5.41) is 2.19. The molecular weight excluding hydrogens is 465 g/mol. The number of hydrogen-bond acceptors (Lipinski definition) is 1. The lowest BCUT2D eigenvalue weighted by Gasteiger charge is -2.39. The SMILES string of the molecule is CCCCCCCCCNCCC(F)(F)C(F)(F)C(F)(F)C(F)(F)C(F)(F)C(F)(F)F. The van der Waals surface area contributed by atoms with E-state index in [1.807, 2.05) is 6.92 Å². The van der Waals surface area contributed by atoms with Gasteiger partial charge in [-0.3, -0.25) is 0 Å². The molecule has 0 saturated carbocycles. The molecule has 0 aromatic rings. The first kappa shape index (κ1) is 30.0. The number of nitrogens with one attached hydrogen (secondary N) is 1. The van der Waals surface area contributed by atoms with Gasteiger partial charge in [0.15, 0.2) is 0 Å². The minimum absolute atomic E-state index is 0.00583. The molecule has 31 heavy (non-hydrogen) atoms. The van der Waals surface area contributed by atoms with Crippen LogP contribution in [0.3, 0.4) is 0 Å². The van der Waals surface area contributed by atoms with Crippen LogP contribution >= 0.6 is 0 Å². The molecule has 14 heteroatoms. The van der Waals surface area contributed by atoms with Gasteiger partial charge in [-0.15, -0.1) is 0 Å². The third kappa shape index (κ3) is 6.53. The number of halogens is 13. The first-order valence-electron chi connectivity index (χ1n) is 9.47. The molecule has 1 N–H and O–H groups in total. The fraction of sp³-hybridized carbons (Fsp3) is 1.00. The number of rotatable bonds is 15. The van der Waals surface area contributed by atoms with Gasteiger partial charge in [-0.1, -0.05) is 45.4 Å². The highest BCUT2D eigenvalue weighted by Crippen LogP contribution is 2.60. The standard InChI is InChI=1S/C17H24F13N/c1-2-3-4-5-6-7-8-10-31-11-9-12(18,19)13(20,21)14(22,23)15(24,25)16(26,27)17(28,29)30/h31H,2-11H2,1H3. The maximum Gasteiger partial charge on any atom is 0.460 e. The second-order valence-electron chi connectivity index (χ2n) is 7.12. The van der Waals surface area contributed by atoms with E-state index in [-0.39, 0.29) is 6.54 Å². The number of alkyl halides is 13. The molecule has 0 aliphatic heterocycles. The van der Waals surface area contributed by atoms with Crippen molar-refractivity contribution < 1.29 is 57.1 Å². The second-order valence-corrected chi connectivity index (χ2v) is 7.12. The van der Waals surface area contributed by atoms with E-state index in [1.165, 1.54) is 0 Å². The van der Waals surface area contributed by atoms with Crippen LogP contribution in [-0.2, 0) is 0 Å². The summed E-state index contributed by atoms with van der Waals surface area (Å²) in [6.45, 7) is 0.909. The fourth-order valence-electron chi connectivity index (χ4n) is 2.54. The van der Waals surface area contributed by atoms with Gasteiger partial charge >= 0.3 is 35.8 Å². The Balaban J connectivity index is 4.95. The molecule has 0 amide bonds. The Morgan fingerprint density at radius 1 is 0.484 bits per heavy atom. The quantitative estimate of drug-likeness (QED) is 0.186. The van der Waals surface area contributed by atoms with E-state index in [1.54, 1.807) is 0 Å². The predicted octanol–water partition coefficient (Wildman–Crippen LogP) is 7.46. The molecule has 188 valence electrons. The second kappa shape index (κ2) is 10.8. The number of unbranched alkanes of at least 4 members (excludes halogenated alkanes) is 6. The minimum atomic E-state index is -7.84. The van der Waals surface area contributed by atoms with Crippen molar-refractivity contribution in [1.29, 1.82) is 0 Å². The van der Waals surface area contributed by atoms with Crippen molar-refractivity contribution in [3.8, 4) is 0 Å². The molecule has 0 aromatic carbocycles. The average molecular weight is 489 g/mol. The summed E-state index contributed by atoms with van der Waals surface area (Å²) in [6, 6.07) is 0. The normalized spacial score (nSPS) is 14.9. The summed E-state index contributed by atoms with van der Waals surface area (Å²) in [5.74, 6) is -36.4. The lowest BCUT2D eigenvalue weighted by atomic mass is 9.92. The zero-order valence-corrected chi connectivity index (χ0v) is 16.5. The van der Waals surface area contributed by atoms with Gasteiger partial charge in [0.2, 0.25) is 0 Å². The van der Waals surface area contributed by atoms with E-state index in [0.29, 0.717) is 12.8 Å². The molecule has 0 saturated heterocycles. The Bertz CT molecular complexity index is 529. The summed E-state index contributed by atoms with van der Waals surface area (Å²) in [5.41, 5.74) is 0. The van der Waals surface area contributed by atoms with Crippen LogP contribution in [0.15, 0.2) is 0 Å². The highest BCUT2D eigenvalue weighted by atomic mass is 19.4. The molecule has 0 aliphatic carbocycles. The zero-order chi connectivity index (χ0) is 24.8. The van der Waals surface area contributed by atoms with Crippen molar-refractivity contribution >= 4 is 0 Å². The van der Waals surface area contributed by atoms with Crippen LogP contribution in [0.1, 0.15) is 58.3 Å². The van der Waals surface area contributed by atoms with Crippen molar-refractivity contribution in [1.82, 2.24) is 5.32 Å². The minimum Gasteiger partial charge on any atom is -0.317 e. The monoisotopic (exact) mass is 489 g/mol. The lowest BCUT2D eigenvalue weighted by molar-refractivity contribution is -0.440. The molecule has 0 radical (unpaired) electrons. The van der Waals surface area contributed by atoms with Crippen molar-refractivity contribution in [3.05, 3.63) is 0 Å². The topological polar surface area (TPSA) is 12.0 Å². The first-order valence-corrected chi connectivity index (χ1v) is 9.47. The van der Waals surface area contributed by atoms with E-state index in [9.17, 15) is 57.1 Å². The Labute approximate surface area is 170 Å². The van der Waals surface area contributed by atoms with Crippen molar-refractivity contribution in [2.24, 2.45) is 0 Å². The summed E-state index contributed by atoms with van der Waals surface area (Å²) in [6.07, 6.45) is -3.81. The first-order chi connectivity index (χ1) is 13.8. The molecule has 0 rings (SSSR count). The average Bonchev–Trinajstić information content (AvgIpc) is 2.61. The third-order valence-corrected chi connectivity index (χ3v) is 4.57. The van der Waals surface area contributed by atoms with Gasteiger partial charge in [-0.2, -0.15) is 57.1 Å². The van der Waals surface area contributed by atoms with Crippen molar-refractivity contribution in [2.45, 2.75) is 94.1 Å². The molecule has 0 aliphatic rings. The van der Waals surface area contributed by atoms with Gasteiger partial charge in [0, 0.05) is 13.0 Å². The summed E-state index contributed by atoms with van der Waals surface area (Å²) in [7, 11) is 0. The Hall–Kier alpha value is -0.950. The molecule has 0 atom stereocenters. The molecule has 0 aromatic heterocycles. The van der Waals surface area contributed by atoms with Gasteiger partial charge in [0.05, 0.1) is 0 Å². The molecule has 0 heterocycles. The van der Waals surface area contributed by atoms with E-state index < -0.39 is 48.8 Å². The van der Waals surface area contributed by atoms with Crippen LogP contribution in [0.2, 0.25) is 0 Å². The maximum atomic E-state index is 13.5. The van der Waals surface area contributed by atoms with E-state index in [2.05, 4.69) is 5.32 Å². The zero-order valence-electron chi connectivity index (χ0n) is 16.5. The van der Waals surface area contributed by atoms with E-state index >= 15 is 0 Å². The Morgan fingerprint density at radius 3 is 1.35 bits per heavy atom. The Morgan fingerprint density at radius 2 is 0.903 bits per heavy atom. The highest BCUT2D eigenvalue weighted by Gasteiger charge is 2.90. The smallest absolute Gasteiger partial charge is 0.317 e. The molecule has 0 bridgehead atoms. The molecule has 0 spiro atoms. The molecule has 0 fully saturated rings. The summed E-state index contributed by atoms with van der Waals surface area (Å²) >= 11 is 0. The van der Waals surface area contributed by atoms with Crippen LogP contribution in [0.4, 0.5) is 57.1 Å². The molecular formula is C17H24F13N. The van der Waals surface area contributed by atoms with Gasteiger partial charge in [0.1, 0.15) is 0 Å². The molecule has 1 nitrogen and oxygen atoms in total. The number of hydrogen-bond donors (Lipinski definition) is 1. The summed E-state index contributed by atoms with van der Waals surface area (Å²) in [4.78, 5) is 0. The predicted molar refractivity (Wildman–Crippen MR) is 86.3 cm³/mol.